The van der Waals surface area contributed by atoms with Gasteiger partial charge in [0.15, 0.2) is 0 Å². The van der Waals surface area contributed by atoms with E-state index in [-0.39, 0.29) is 12.1 Å². The molecular weight excluding hydrogens is 352 g/mol. The second-order valence-corrected chi connectivity index (χ2v) is 10.6. The molecule has 0 spiro atoms. The van der Waals surface area contributed by atoms with Crippen LogP contribution in [-0.2, 0) is 11.1 Å². The normalized spacial score (nSPS) is 20.6. The summed E-state index contributed by atoms with van der Waals surface area (Å²) in [6.07, 6.45) is 1.36. The molecule has 1 fully saturated rings. The molecular formula is C22H38N4O2. The Morgan fingerprint density at radius 3 is 1.89 bits per heavy atom. The van der Waals surface area contributed by atoms with Gasteiger partial charge in [0.25, 0.3) is 0 Å². The summed E-state index contributed by atoms with van der Waals surface area (Å²) in [5, 5.41) is 18.0. The molecule has 28 heavy (non-hydrogen) atoms. The Kier molecular flexibility index (Phi) is 5.92. The molecule has 1 aliphatic heterocycles. The van der Waals surface area contributed by atoms with Gasteiger partial charge in [-0.05, 0) is 79.4 Å². The van der Waals surface area contributed by atoms with E-state index in [1.807, 2.05) is 79.7 Å². The third-order valence-electron chi connectivity index (χ3n) is 5.75. The minimum Gasteiger partial charge on any atom is -0.335 e. The SMILES string of the molecule is CC(C)(N)c1ccc(C(C)(C)NC(=O)NC2CC(C)(C)N(O)C(C)(C)C2)cc1. The van der Waals surface area contributed by atoms with Gasteiger partial charge in [-0.15, -0.1) is 0 Å². The van der Waals surface area contributed by atoms with Crippen LogP contribution in [0.1, 0.15) is 79.4 Å². The van der Waals surface area contributed by atoms with Crippen LogP contribution >= 0.6 is 0 Å². The van der Waals surface area contributed by atoms with Crippen LogP contribution in [0, 0.1) is 0 Å². The molecule has 0 aromatic heterocycles. The largest absolute Gasteiger partial charge is 0.335 e. The third kappa shape index (κ3) is 5.04. The van der Waals surface area contributed by atoms with Gasteiger partial charge in [0, 0.05) is 22.7 Å². The fourth-order valence-electron chi connectivity index (χ4n) is 4.27. The van der Waals surface area contributed by atoms with Gasteiger partial charge in [-0.1, -0.05) is 24.3 Å². The lowest BCUT2D eigenvalue weighted by Crippen LogP contribution is -2.64. The van der Waals surface area contributed by atoms with E-state index in [1.165, 1.54) is 5.06 Å². The summed E-state index contributed by atoms with van der Waals surface area (Å²) in [6, 6.07) is 7.85. The first kappa shape index (κ1) is 22.7. The molecule has 0 atom stereocenters. The molecule has 0 unspecified atom stereocenters. The van der Waals surface area contributed by atoms with Gasteiger partial charge in [-0.2, -0.15) is 5.06 Å². The van der Waals surface area contributed by atoms with Crippen molar-refractivity contribution in [3.05, 3.63) is 35.4 Å². The van der Waals surface area contributed by atoms with E-state index in [4.69, 9.17) is 5.73 Å². The van der Waals surface area contributed by atoms with Crippen LogP contribution in [-0.4, -0.2) is 33.4 Å². The molecule has 2 amide bonds. The van der Waals surface area contributed by atoms with Gasteiger partial charge >= 0.3 is 6.03 Å². The summed E-state index contributed by atoms with van der Waals surface area (Å²) in [5.74, 6) is 0. The number of carbonyl (C=O) groups excluding carboxylic acids is 1. The second kappa shape index (κ2) is 7.32. The number of nitrogens with zero attached hydrogens (tertiary/aromatic N) is 1. The Bertz CT molecular complexity index is 684. The lowest BCUT2D eigenvalue weighted by atomic mass is 9.79. The summed E-state index contributed by atoms with van der Waals surface area (Å²) in [7, 11) is 0. The van der Waals surface area contributed by atoms with E-state index in [0.29, 0.717) is 12.8 Å². The number of nitrogens with one attached hydrogen (secondary N) is 2. The van der Waals surface area contributed by atoms with Gasteiger partial charge in [0.2, 0.25) is 0 Å². The predicted octanol–water partition coefficient (Wildman–Crippen LogP) is 3.83. The molecule has 1 saturated heterocycles. The van der Waals surface area contributed by atoms with E-state index in [0.717, 1.165) is 11.1 Å². The van der Waals surface area contributed by atoms with E-state index < -0.39 is 22.2 Å². The van der Waals surface area contributed by atoms with Crippen LogP contribution in [0.5, 0.6) is 0 Å². The Hall–Kier alpha value is -1.63. The van der Waals surface area contributed by atoms with Crippen molar-refractivity contribution in [3.8, 4) is 0 Å². The van der Waals surface area contributed by atoms with Crippen LogP contribution in [0.3, 0.4) is 0 Å². The first-order valence-electron chi connectivity index (χ1n) is 10.0. The van der Waals surface area contributed by atoms with Crippen molar-refractivity contribution >= 4 is 6.03 Å². The molecule has 2 rings (SSSR count). The zero-order valence-electron chi connectivity index (χ0n) is 18.7. The van der Waals surface area contributed by atoms with Crippen molar-refractivity contribution in [1.82, 2.24) is 15.7 Å². The van der Waals surface area contributed by atoms with Crippen molar-refractivity contribution in [1.29, 1.82) is 0 Å². The van der Waals surface area contributed by atoms with Gasteiger partial charge in [0.05, 0.1) is 5.54 Å². The van der Waals surface area contributed by atoms with Crippen LogP contribution in [0.4, 0.5) is 4.79 Å². The Morgan fingerprint density at radius 1 is 1.04 bits per heavy atom. The zero-order valence-corrected chi connectivity index (χ0v) is 18.7. The average Bonchev–Trinajstić information content (AvgIpc) is 2.50. The number of amides is 2. The lowest BCUT2D eigenvalue weighted by molar-refractivity contribution is -0.245. The zero-order chi connectivity index (χ0) is 21.5. The number of benzene rings is 1. The highest BCUT2D eigenvalue weighted by atomic mass is 16.5. The predicted molar refractivity (Wildman–Crippen MR) is 113 cm³/mol. The van der Waals surface area contributed by atoms with Gasteiger partial charge in [-0.3, -0.25) is 0 Å². The van der Waals surface area contributed by atoms with E-state index in [1.54, 1.807) is 0 Å². The van der Waals surface area contributed by atoms with Gasteiger partial charge in [-0.25, -0.2) is 4.79 Å². The number of hydrogen-bond acceptors (Lipinski definition) is 4. The number of hydrogen-bond donors (Lipinski definition) is 4. The van der Waals surface area contributed by atoms with E-state index in [9.17, 15) is 10.0 Å². The topological polar surface area (TPSA) is 90.6 Å². The molecule has 0 saturated carbocycles. The fourth-order valence-corrected chi connectivity index (χ4v) is 4.27. The van der Waals surface area contributed by atoms with Crippen molar-refractivity contribution in [3.63, 3.8) is 0 Å². The molecule has 1 heterocycles. The summed E-state index contributed by atoms with van der Waals surface area (Å²) in [4.78, 5) is 12.7. The smallest absolute Gasteiger partial charge is 0.315 e. The number of nitrogens with two attached hydrogens (primary N) is 1. The third-order valence-corrected chi connectivity index (χ3v) is 5.75. The Morgan fingerprint density at radius 2 is 1.46 bits per heavy atom. The van der Waals surface area contributed by atoms with E-state index >= 15 is 0 Å². The molecule has 6 heteroatoms. The minimum atomic E-state index is -0.524. The maximum Gasteiger partial charge on any atom is 0.315 e. The quantitative estimate of drug-likeness (QED) is 0.629. The standard InChI is InChI=1S/C22H38N4O2/c1-19(2)13-17(14-20(3,4)26(19)28)24-18(27)25-22(7,8)16-11-9-15(10-12-16)21(5,6)23/h9-12,17,28H,13-14,23H2,1-8H3,(H2,24,25,27). The van der Waals surface area contributed by atoms with Crippen LogP contribution < -0.4 is 16.4 Å². The average molecular weight is 391 g/mol. The number of carbonyl (C=O) groups is 1. The first-order valence-corrected chi connectivity index (χ1v) is 10.0. The van der Waals surface area contributed by atoms with Crippen LogP contribution in [0.25, 0.3) is 0 Å². The monoisotopic (exact) mass is 390 g/mol. The molecule has 1 aromatic carbocycles. The number of rotatable bonds is 4. The Balaban J connectivity index is 2.05. The lowest BCUT2D eigenvalue weighted by Gasteiger charge is -2.51. The highest BCUT2D eigenvalue weighted by Gasteiger charge is 2.45. The first-order chi connectivity index (χ1) is 12.5. The molecule has 158 valence electrons. The second-order valence-electron chi connectivity index (χ2n) is 10.6. The summed E-state index contributed by atoms with van der Waals surface area (Å²) < 4.78 is 0. The van der Waals surface area contributed by atoms with Crippen LogP contribution in [0.15, 0.2) is 24.3 Å². The maximum atomic E-state index is 12.7. The van der Waals surface area contributed by atoms with Crippen molar-refractivity contribution < 1.29 is 10.0 Å². The van der Waals surface area contributed by atoms with Crippen molar-refractivity contribution in [2.75, 3.05) is 0 Å². The maximum absolute atomic E-state index is 12.7. The number of urea groups is 1. The molecule has 6 nitrogen and oxygen atoms in total. The van der Waals surface area contributed by atoms with Crippen molar-refractivity contribution in [2.45, 2.75) is 96.4 Å². The summed E-state index contributed by atoms with van der Waals surface area (Å²) in [5.41, 5.74) is 6.50. The number of hydroxylamine groups is 2. The molecule has 1 aromatic rings. The highest BCUT2D eigenvalue weighted by molar-refractivity contribution is 5.75. The number of piperidine rings is 1. The molecule has 0 aliphatic carbocycles. The fraction of sp³-hybridized carbons (Fsp3) is 0.682. The summed E-state index contributed by atoms with van der Waals surface area (Å²) >= 11 is 0. The highest BCUT2D eigenvalue weighted by Crippen LogP contribution is 2.36. The van der Waals surface area contributed by atoms with Gasteiger partial charge in [0.1, 0.15) is 0 Å². The molecule has 0 radical (unpaired) electrons. The summed E-state index contributed by atoms with van der Waals surface area (Å²) in [6.45, 7) is 15.9. The van der Waals surface area contributed by atoms with Crippen molar-refractivity contribution in [2.24, 2.45) is 5.73 Å². The van der Waals surface area contributed by atoms with E-state index in [2.05, 4.69) is 10.6 Å². The van der Waals surface area contributed by atoms with Crippen LogP contribution in [0.2, 0.25) is 0 Å². The Labute approximate surface area is 169 Å². The minimum absolute atomic E-state index is 0.00962. The molecule has 5 N–H and O–H groups in total. The van der Waals surface area contributed by atoms with Gasteiger partial charge < -0.3 is 21.6 Å². The molecule has 1 aliphatic rings. The molecule has 0 bridgehead atoms.